The van der Waals surface area contributed by atoms with Crippen LogP contribution in [0.3, 0.4) is 0 Å². The quantitative estimate of drug-likeness (QED) is 0.706. The molecular formula is C18H28N6O3S. The SMILES string of the molecule is CN(C)C(=O)c1ccc2c(c1)nc(CN1CCN(S(=O)(=O)N(C)C)CC1)n2C. The monoisotopic (exact) mass is 408 g/mol. The van der Waals surface area contributed by atoms with Crippen LogP contribution in [0.2, 0.25) is 0 Å². The second-order valence-corrected chi connectivity index (χ2v) is 9.60. The minimum Gasteiger partial charge on any atom is -0.345 e. The Balaban J connectivity index is 1.73. The molecule has 28 heavy (non-hydrogen) atoms. The molecule has 154 valence electrons. The van der Waals surface area contributed by atoms with Crippen LogP contribution in [-0.2, 0) is 23.8 Å². The van der Waals surface area contributed by atoms with Crippen molar-refractivity contribution < 1.29 is 13.2 Å². The van der Waals surface area contributed by atoms with Gasteiger partial charge in [0.25, 0.3) is 16.1 Å². The standard InChI is InChI=1S/C18H28N6O3S/c1-20(2)18(25)14-6-7-16-15(12-14)19-17(22(16)5)13-23-8-10-24(11-9-23)28(26,27)21(3)4/h6-7,12H,8-11,13H2,1-5H3. The normalized spacial score (nSPS) is 16.8. The molecular weight excluding hydrogens is 380 g/mol. The van der Waals surface area contributed by atoms with Crippen LogP contribution >= 0.6 is 0 Å². The fourth-order valence-corrected chi connectivity index (χ4v) is 4.42. The fraction of sp³-hybridized carbons (Fsp3) is 0.556. The van der Waals surface area contributed by atoms with E-state index in [1.807, 2.05) is 29.8 Å². The summed E-state index contributed by atoms with van der Waals surface area (Å²) >= 11 is 0. The summed E-state index contributed by atoms with van der Waals surface area (Å²) in [6, 6.07) is 5.56. The first-order valence-corrected chi connectivity index (χ1v) is 10.6. The highest BCUT2D eigenvalue weighted by molar-refractivity contribution is 7.86. The molecule has 1 fully saturated rings. The highest BCUT2D eigenvalue weighted by Crippen LogP contribution is 2.19. The van der Waals surface area contributed by atoms with Gasteiger partial charge in [-0.1, -0.05) is 0 Å². The van der Waals surface area contributed by atoms with Gasteiger partial charge in [-0.25, -0.2) is 4.98 Å². The van der Waals surface area contributed by atoms with Crippen molar-refractivity contribution >= 4 is 27.1 Å². The lowest BCUT2D eigenvalue weighted by Gasteiger charge is -2.34. The zero-order valence-electron chi connectivity index (χ0n) is 17.1. The zero-order chi connectivity index (χ0) is 20.6. The maximum atomic E-state index is 12.2. The summed E-state index contributed by atoms with van der Waals surface area (Å²) in [5.41, 5.74) is 2.38. The Kier molecular flexibility index (Phi) is 5.76. The molecule has 1 aromatic carbocycles. The molecule has 0 aliphatic carbocycles. The van der Waals surface area contributed by atoms with Crippen LogP contribution in [0.25, 0.3) is 11.0 Å². The van der Waals surface area contributed by atoms with Crippen LogP contribution in [0, 0.1) is 0 Å². The first kappa shape index (κ1) is 20.7. The van der Waals surface area contributed by atoms with Crippen molar-refractivity contribution in [2.45, 2.75) is 6.54 Å². The number of amides is 1. The van der Waals surface area contributed by atoms with Crippen molar-refractivity contribution in [2.75, 3.05) is 54.4 Å². The summed E-state index contributed by atoms with van der Waals surface area (Å²) in [5.74, 6) is 0.848. The summed E-state index contributed by atoms with van der Waals surface area (Å²) in [5, 5.41) is 0. The number of imidazole rings is 1. The number of aryl methyl sites for hydroxylation is 1. The minimum atomic E-state index is -3.36. The van der Waals surface area contributed by atoms with Gasteiger partial charge in [0.1, 0.15) is 5.82 Å². The lowest BCUT2D eigenvalue weighted by molar-refractivity contribution is 0.0827. The number of hydrogen-bond acceptors (Lipinski definition) is 5. The number of piperazine rings is 1. The lowest BCUT2D eigenvalue weighted by Crippen LogP contribution is -2.51. The van der Waals surface area contributed by atoms with E-state index in [9.17, 15) is 13.2 Å². The van der Waals surface area contributed by atoms with Gasteiger partial charge in [-0.3, -0.25) is 9.69 Å². The molecule has 2 heterocycles. The van der Waals surface area contributed by atoms with Crippen LogP contribution in [0.1, 0.15) is 16.2 Å². The van der Waals surface area contributed by atoms with Gasteiger partial charge in [0.15, 0.2) is 0 Å². The minimum absolute atomic E-state index is 0.0488. The third-order valence-electron chi connectivity index (χ3n) is 5.11. The second-order valence-electron chi connectivity index (χ2n) is 7.46. The first-order chi connectivity index (χ1) is 13.1. The highest BCUT2D eigenvalue weighted by Gasteiger charge is 2.29. The molecule has 0 saturated carbocycles. The fourth-order valence-electron chi connectivity index (χ4n) is 3.33. The number of rotatable bonds is 5. The summed E-state index contributed by atoms with van der Waals surface area (Å²) in [6.45, 7) is 2.87. The van der Waals surface area contributed by atoms with Crippen LogP contribution in [0.15, 0.2) is 18.2 Å². The maximum Gasteiger partial charge on any atom is 0.281 e. The van der Waals surface area contributed by atoms with Crippen LogP contribution < -0.4 is 0 Å². The molecule has 1 amide bonds. The molecule has 0 bridgehead atoms. The molecule has 10 heteroatoms. The van der Waals surface area contributed by atoms with E-state index in [0.29, 0.717) is 38.3 Å². The Morgan fingerprint density at radius 3 is 2.32 bits per heavy atom. The van der Waals surface area contributed by atoms with Gasteiger partial charge >= 0.3 is 0 Å². The number of hydrogen-bond donors (Lipinski definition) is 0. The van der Waals surface area contributed by atoms with Crippen molar-refractivity contribution in [3.8, 4) is 0 Å². The maximum absolute atomic E-state index is 12.2. The average Bonchev–Trinajstić information content (AvgIpc) is 2.96. The molecule has 1 aliphatic rings. The number of fused-ring (bicyclic) bond motifs is 1. The van der Waals surface area contributed by atoms with E-state index in [1.165, 1.54) is 8.61 Å². The Labute approximate surface area is 166 Å². The van der Waals surface area contributed by atoms with Gasteiger partial charge in [0.05, 0.1) is 17.6 Å². The Hall–Kier alpha value is -2.01. The highest BCUT2D eigenvalue weighted by atomic mass is 32.2. The van der Waals surface area contributed by atoms with Crippen molar-refractivity contribution in [1.29, 1.82) is 0 Å². The topological polar surface area (TPSA) is 82.0 Å². The molecule has 0 spiro atoms. The summed E-state index contributed by atoms with van der Waals surface area (Å²) < 4.78 is 29.3. The molecule has 0 atom stereocenters. The van der Waals surface area contributed by atoms with Gasteiger partial charge in [-0.15, -0.1) is 0 Å². The van der Waals surface area contributed by atoms with Gasteiger partial charge < -0.3 is 9.47 Å². The third-order valence-corrected chi connectivity index (χ3v) is 7.05. The molecule has 1 saturated heterocycles. The predicted molar refractivity (Wildman–Crippen MR) is 108 cm³/mol. The Bertz CT molecular complexity index is 975. The Morgan fingerprint density at radius 1 is 1.11 bits per heavy atom. The largest absolute Gasteiger partial charge is 0.345 e. The van der Waals surface area contributed by atoms with E-state index in [0.717, 1.165) is 16.9 Å². The van der Waals surface area contributed by atoms with Gasteiger partial charge in [-0.05, 0) is 18.2 Å². The van der Waals surface area contributed by atoms with Gasteiger partial charge in [0.2, 0.25) is 0 Å². The van der Waals surface area contributed by atoms with Crippen molar-refractivity contribution in [3.05, 3.63) is 29.6 Å². The molecule has 2 aromatic rings. The molecule has 3 rings (SSSR count). The number of carbonyl (C=O) groups excluding carboxylic acids is 1. The molecule has 1 aliphatic heterocycles. The number of nitrogens with zero attached hydrogens (tertiary/aromatic N) is 6. The zero-order valence-corrected chi connectivity index (χ0v) is 17.9. The second kappa shape index (κ2) is 7.78. The van der Waals surface area contributed by atoms with E-state index in [-0.39, 0.29) is 5.91 Å². The summed E-state index contributed by atoms with van der Waals surface area (Å²) in [4.78, 5) is 20.6. The van der Waals surface area contributed by atoms with Crippen LogP contribution in [0.4, 0.5) is 0 Å². The van der Waals surface area contributed by atoms with Crippen molar-refractivity contribution in [2.24, 2.45) is 7.05 Å². The summed E-state index contributed by atoms with van der Waals surface area (Å²) in [6.07, 6.45) is 0. The Morgan fingerprint density at radius 2 is 1.75 bits per heavy atom. The average molecular weight is 409 g/mol. The van der Waals surface area contributed by atoms with E-state index in [1.54, 1.807) is 33.1 Å². The number of benzene rings is 1. The molecule has 0 unspecified atom stereocenters. The van der Waals surface area contributed by atoms with E-state index in [4.69, 9.17) is 4.98 Å². The predicted octanol–water partition coefficient (Wildman–Crippen LogP) is 0.199. The molecule has 0 radical (unpaired) electrons. The van der Waals surface area contributed by atoms with E-state index in [2.05, 4.69) is 4.90 Å². The van der Waals surface area contributed by atoms with E-state index >= 15 is 0 Å². The van der Waals surface area contributed by atoms with Crippen molar-refractivity contribution in [3.63, 3.8) is 0 Å². The third kappa shape index (κ3) is 3.90. The first-order valence-electron chi connectivity index (χ1n) is 9.18. The lowest BCUT2D eigenvalue weighted by atomic mass is 10.2. The van der Waals surface area contributed by atoms with Crippen LogP contribution in [-0.4, -0.2) is 96.7 Å². The van der Waals surface area contributed by atoms with Gasteiger partial charge in [0, 0.05) is 67.0 Å². The van der Waals surface area contributed by atoms with E-state index < -0.39 is 10.2 Å². The number of aromatic nitrogens is 2. The van der Waals surface area contributed by atoms with Crippen molar-refractivity contribution in [1.82, 2.24) is 28.0 Å². The molecule has 9 nitrogen and oxygen atoms in total. The molecule has 0 N–H and O–H groups in total. The molecule has 1 aromatic heterocycles. The van der Waals surface area contributed by atoms with Gasteiger partial charge in [-0.2, -0.15) is 17.0 Å². The summed E-state index contributed by atoms with van der Waals surface area (Å²) in [7, 11) is 5.16. The smallest absolute Gasteiger partial charge is 0.281 e. The van der Waals surface area contributed by atoms with Crippen LogP contribution in [0.5, 0.6) is 0 Å². The number of carbonyl (C=O) groups is 1.